The van der Waals surface area contributed by atoms with Crippen molar-refractivity contribution in [2.45, 2.75) is 24.2 Å². The molecule has 1 saturated heterocycles. The first-order valence-corrected chi connectivity index (χ1v) is 9.89. The van der Waals surface area contributed by atoms with Crippen LogP contribution in [0.25, 0.3) is 0 Å². The molecule has 2 aromatic rings. The average Bonchev–Trinajstić information content (AvgIpc) is 2.69. The first-order chi connectivity index (χ1) is 12.9. The number of sulfonamides is 1. The summed E-state index contributed by atoms with van der Waals surface area (Å²) in [7, 11) is -3.56. The van der Waals surface area contributed by atoms with E-state index >= 15 is 0 Å². The number of non-ortho nitro benzene ring substituents is 1. The fraction of sp³-hybridized carbons (Fsp3) is 0.278. The van der Waals surface area contributed by atoms with Gasteiger partial charge in [-0.25, -0.2) is 13.2 Å². The Kier molecular flexibility index (Phi) is 5.52. The summed E-state index contributed by atoms with van der Waals surface area (Å²) in [5.74, 6) is -0.513. The number of nitro benzene ring substituents is 1. The van der Waals surface area contributed by atoms with Gasteiger partial charge in [0.1, 0.15) is 5.75 Å². The number of esters is 1. The second-order valence-corrected chi connectivity index (χ2v) is 8.07. The van der Waals surface area contributed by atoms with Gasteiger partial charge in [0.25, 0.3) is 5.69 Å². The van der Waals surface area contributed by atoms with Crippen molar-refractivity contribution in [3.63, 3.8) is 0 Å². The van der Waals surface area contributed by atoms with Gasteiger partial charge in [0.15, 0.2) is 0 Å². The van der Waals surface area contributed by atoms with Gasteiger partial charge in [0.2, 0.25) is 10.0 Å². The van der Waals surface area contributed by atoms with Crippen LogP contribution in [0.2, 0.25) is 0 Å². The average molecular weight is 390 g/mol. The predicted molar refractivity (Wildman–Crippen MR) is 97.1 cm³/mol. The molecule has 0 saturated carbocycles. The van der Waals surface area contributed by atoms with E-state index in [0.29, 0.717) is 13.1 Å². The zero-order chi connectivity index (χ0) is 19.4. The fourth-order valence-electron chi connectivity index (χ4n) is 2.82. The number of hydrogen-bond acceptors (Lipinski definition) is 6. The molecule has 0 N–H and O–H groups in total. The maximum Gasteiger partial charge on any atom is 0.343 e. The molecule has 0 aliphatic carbocycles. The molecule has 1 aliphatic rings. The molecule has 0 spiro atoms. The molecular weight excluding hydrogens is 372 g/mol. The van der Waals surface area contributed by atoms with Crippen molar-refractivity contribution in [1.29, 1.82) is 0 Å². The zero-order valence-corrected chi connectivity index (χ0v) is 15.2. The Labute approximate surface area is 156 Å². The highest BCUT2D eigenvalue weighted by Gasteiger charge is 2.26. The molecule has 1 fully saturated rings. The summed E-state index contributed by atoms with van der Waals surface area (Å²) in [4.78, 5) is 22.4. The molecule has 8 nitrogen and oxygen atoms in total. The number of piperidine rings is 1. The van der Waals surface area contributed by atoms with E-state index in [9.17, 15) is 23.3 Å². The first-order valence-electron chi connectivity index (χ1n) is 8.45. The summed E-state index contributed by atoms with van der Waals surface area (Å²) in [5, 5.41) is 10.6. The third-order valence-corrected chi connectivity index (χ3v) is 6.21. The SMILES string of the molecule is O=C(Oc1ccc([N+](=O)[O-])cc1)c1ccc(S(=O)(=O)N2CCCCC2)cc1. The van der Waals surface area contributed by atoms with Crippen molar-refractivity contribution in [2.75, 3.05) is 13.1 Å². The molecule has 1 aliphatic heterocycles. The zero-order valence-electron chi connectivity index (χ0n) is 14.4. The van der Waals surface area contributed by atoms with E-state index in [1.165, 1.54) is 52.8 Å². The van der Waals surface area contributed by atoms with E-state index in [4.69, 9.17) is 4.74 Å². The fourth-order valence-corrected chi connectivity index (χ4v) is 4.34. The van der Waals surface area contributed by atoms with Gasteiger partial charge < -0.3 is 4.74 Å². The summed E-state index contributed by atoms with van der Waals surface area (Å²) in [5.41, 5.74) is 0.0769. The van der Waals surface area contributed by atoms with Gasteiger partial charge >= 0.3 is 5.97 Å². The van der Waals surface area contributed by atoms with Crippen LogP contribution in [0.1, 0.15) is 29.6 Å². The minimum absolute atomic E-state index is 0.109. The van der Waals surface area contributed by atoms with E-state index in [1.807, 2.05) is 0 Å². The van der Waals surface area contributed by atoms with E-state index in [2.05, 4.69) is 0 Å². The summed E-state index contributed by atoms with van der Waals surface area (Å²) in [6, 6.07) is 10.7. The van der Waals surface area contributed by atoms with Gasteiger partial charge in [-0.1, -0.05) is 6.42 Å². The van der Waals surface area contributed by atoms with E-state index in [-0.39, 0.29) is 21.9 Å². The third-order valence-electron chi connectivity index (χ3n) is 4.30. The quantitative estimate of drug-likeness (QED) is 0.336. The molecule has 0 unspecified atom stereocenters. The lowest BCUT2D eigenvalue weighted by molar-refractivity contribution is -0.384. The van der Waals surface area contributed by atoms with Gasteiger partial charge in [-0.15, -0.1) is 0 Å². The predicted octanol–water partition coefficient (Wildman–Crippen LogP) is 2.99. The Balaban J connectivity index is 1.70. The van der Waals surface area contributed by atoms with Crippen molar-refractivity contribution >= 4 is 21.7 Å². The summed E-state index contributed by atoms with van der Waals surface area (Å²) in [6.07, 6.45) is 2.72. The molecule has 0 atom stereocenters. The number of hydrogen-bond donors (Lipinski definition) is 0. The molecule has 1 heterocycles. The minimum Gasteiger partial charge on any atom is -0.423 e. The summed E-state index contributed by atoms with van der Waals surface area (Å²) < 4.78 is 31.8. The highest BCUT2D eigenvalue weighted by molar-refractivity contribution is 7.89. The second-order valence-electron chi connectivity index (χ2n) is 6.13. The Morgan fingerprint density at radius 1 is 0.963 bits per heavy atom. The molecule has 0 bridgehead atoms. The molecule has 142 valence electrons. The van der Waals surface area contributed by atoms with E-state index in [1.54, 1.807) is 0 Å². The maximum atomic E-state index is 12.6. The van der Waals surface area contributed by atoms with Gasteiger partial charge in [0, 0.05) is 25.2 Å². The summed E-state index contributed by atoms with van der Waals surface area (Å²) in [6.45, 7) is 1.01. The summed E-state index contributed by atoms with van der Waals surface area (Å²) >= 11 is 0. The van der Waals surface area contributed by atoms with Gasteiger partial charge in [-0.2, -0.15) is 4.31 Å². The van der Waals surface area contributed by atoms with Crippen LogP contribution >= 0.6 is 0 Å². The van der Waals surface area contributed by atoms with Crippen molar-refractivity contribution in [3.05, 3.63) is 64.2 Å². The Morgan fingerprint density at radius 3 is 2.11 bits per heavy atom. The largest absolute Gasteiger partial charge is 0.423 e. The molecule has 9 heteroatoms. The third kappa shape index (κ3) is 4.32. The number of ether oxygens (including phenoxy) is 1. The van der Waals surface area contributed by atoms with Crippen LogP contribution in [0.3, 0.4) is 0 Å². The van der Waals surface area contributed by atoms with Crippen LogP contribution in [0.5, 0.6) is 5.75 Å². The van der Waals surface area contributed by atoms with Crippen molar-refractivity contribution in [2.24, 2.45) is 0 Å². The number of carbonyl (C=O) groups excluding carboxylic acids is 1. The van der Waals surface area contributed by atoms with Gasteiger partial charge in [-0.3, -0.25) is 10.1 Å². The lowest BCUT2D eigenvalue weighted by atomic mass is 10.2. The molecule has 3 rings (SSSR count). The number of nitro groups is 1. The molecule has 27 heavy (non-hydrogen) atoms. The molecule has 0 radical (unpaired) electrons. The van der Waals surface area contributed by atoms with E-state index < -0.39 is 20.9 Å². The van der Waals surface area contributed by atoms with Crippen LogP contribution in [0, 0.1) is 10.1 Å². The minimum atomic E-state index is -3.56. The van der Waals surface area contributed by atoms with Gasteiger partial charge in [0.05, 0.1) is 15.4 Å². The Hall–Kier alpha value is -2.78. The topological polar surface area (TPSA) is 107 Å². The highest BCUT2D eigenvalue weighted by Crippen LogP contribution is 2.22. The first kappa shape index (κ1) is 19.0. The standard InChI is InChI=1S/C18H18N2O6S/c21-18(26-16-8-6-15(7-9-16)20(22)23)14-4-10-17(11-5-14)27(24,25)19-12-2-1-3-13-19/h4-11H,1-3,12-13H2. The highest BCUT2D eigenvalue weighted by atomic mass is 32.2. The maximum absolute atomic E-state index is 12.6. The monoisotopic (exact) mass is 390 g/mol. The molecule has 2 aromatic carbocycles. The van der Waals surface area contributed by atoms with E-state index in [0.717, 1.165) is 19.3 Å². The van der Waals surface area contributed by atoms with Crippen LogP contribution < -0.4 is 4.74 Å². The molecule has 0 aromatic heterocycles. The van der Waals surface area contributed by atoms with Crippen molar-refractivity contribution in [3.8, 4) is 5.75 Å². The molecular formula is C18H18N2O6S. The van der Waals surface area contributed by atoms with Crippen LogP contribution in [-0.4, -0.2) is 36.7 Å². The lowest BCUT2D eigenvalue weighted by Crippen LogP contribution is -2.35. The number of rotatable bonds is 5. The van der Waals surface area contributed by atoms with Crippen LogP contribution in [0.15, 0.2) is 53.4 Å². The lowest BCUT2D eigenvalue weighted by Gasteiger charge is -2.25. The van der Waals surface area contributed by atoms with Crippen LogP contribution in [-0.2, 0) is 10.0 Å². The van der Waals surface area contributed by atoms with Gasteiger partial charge in [-0.05, 0) is 49.2 Å². The normalized spacial score (nSPS) is 15.3. The number of benzene rings is 2. The Bertz CT molecular complexity index is 933. The van der Waals surface area contributed by atoms with Crippen molar-refractivity contribution < 1.29 is 22.9 Å². The Morgan fingerprint density at radius 2 is 1.56 bits per heavy atom. The number of carbonyl (C=O) groups is 1. The molecule has 0 amide bonds. The van der Waals surface area contributed by atoms with Crippen molar-refractivity contribution in [1.82, 2.24) is 4.31 Å². The number of nitrogens with zero attached hydrogens (tertiary/aromatic N) is 2. The second kappa shape index (κ2) is 7.85. The smallest absolute Gasteiger partial charge is 0.343 e. The van der Waals surface area contributed by atoms with Crippen LogP contribution in [0.4, 0.5) is 5.69 Å².